The Labute approximate surface area is 202 Å². The summed E-state index contributed by atoms with van der Waals surface area (Å²) < 4.78 is 1.99. The summed E-state index contributed by atoms with van der Waals surface area (Å²) >= 11 is 7.82. The Bertz CT molecular complexity index is 1240. The number of carbonyl (C=O) groups is 1. The molecule has 2 aromatic heterocycles. The lowest BCUT2D eigenvalue weighted by Gasteiger charge is -2.11. The highest BCUT2D eigenvalue weighted by Crippen LogP contribution is 2.30. The minimum atomic E-state index is -0.0578. The third-order valence-electron chi connectivity index (χ3n) is 4.87. The summed E-state index contributed by atoms with van der Waals surface area (Å²) in [5, 5.41) is 13.2. The monoisotopic (exact) mass is 477 g/mol. The zero-order valence-corrected chi connectivity index (χ0v) is 20.0. The van der Waals surface area contributed by atoms with Crippen LogP contribution >= 0.6 is 23.4 Å². The number of carbonyl (C=O) groups excluding carboxylic acids is 1. The van der Waals surface area contributed by atoms with Gasteiger partial charge < -0.3 is 5.32 Å². The molecule has 33 heavy (non-hydrogen) atoms. The molecule has 0 aliphatic heterocycles. The number of amides is 1. The molecule has 0 aliphatic rings. The molecular formula is C25H24ClN5OS. The zero-order chi connectivity index (χ0) is 23.2. The van der Waals surface area contributed by atoms with E-state index in [1.807, 2.05) is 65.2 Å². The van der Waals surface area contributed by atoms with Crippen molar-refractivity contribution in [1.29, 1.82) is 0 Å². The minimum Gasteiger partial charge on any atom is -0.352 e. The molecule has 2 aromatic carbocycles. The van der Waals surface area contributed by atoms with Gasteiger partial charge in [-0.25, -0.2) is 0 Å². The Balaban J connectivity index is 1.60. The Hall–Kier alpha value is -3.16. The van der Waals surface area contributed by atoms with Crippen molar-refractivity contribution in [1.82, 2.24) is 25.1 Å². The number of nitrogens with one attached hydrogen (secondary N) is 1. The summed E-state index contributed by atoms with van der Waals surface area (Å²) in [6.45, 7) is 4.80. The van der Waals surface area contributed by atoms with Gasteiger partial charge >= 0.3 is 0 Å². The van der Waals surface area contributed by atoms with Crippen molar-refractivity contribution in [3.63, 3.8) is 0 Å². The van der Waals surface area contributed by atoms with Crippen LogP contribution in [0.3, 0.4) is 0 Å². The molecule has 8 heteroatoms. The van der Waals surface area contributed by atoms with Gasteiger partial charge in [-0.1, -0.05) is 55.4 Å². The maximum atomic E-state index is 12.4. The fourth-order valence-electron chi connectivity index (χ4n) is 3.25. The molecular weight excluding hydrogens is 454 g/mol. The van der Waals surface area contributed by atoms with Crippen molar-refractivity contribution in [2.45, 2.75) is 24.8 Å². The highest BCUT2D eigenvalue weighted by molar-refractivity contribution is 7.98. The fraction of sp³-hybridized carbons (Fsp3) is 0.200. The largest absolute Gasteiger partial charge is 0.352 e. The van der Waals surface area contributed by atoms with Gasteiger partial charge in [-0.2, -0.15) is 0 Å². The molecule has 1 amide bonds. The van der Waals surface area contributed by atoms with Gasteiger partial charge in [0.2, 0.25) is 0 Å². The molecule has 0 unspecified atom stereocenters. The van der Waals surface area contributed by atoms with Crippen LogP contribution in [-0.4, -0.2) is 32.2 Å². The van der Waals surface area contributed by atoms with Gasteiger partial charge in [-0.15, -0.1) is 10.2 Å². The van der Waals surface area contributed by atoms with Gasteiger partial charge in [0.15, 0.2) is 11.0 Å². The van der Waals surface area contributed by atoms with Crippen molar-refractivity contribution in [2.75, 3.05) is 6.54 Å². The van der Waals surface area contributed by atoms with Gasteiger partial charge in [0, 0.05) is 40.8 Å². The summed E-state index contributed by atoms with van der Waals surface area (Å²) in [5.41, 5.74) is 3.47. The predicted molar refractivity (Wildman–Crippen MR) is 133 cm³/mol. The van der Waals surface area contributed by atoms with Crippen LogP contribution in [0.15, 0.2) is 78.2 Å². The van der Waals surface area contributed by atoms with Gasteiger partial charge in [0.05, 0.1) is 5.69 Å². The van der Waals surface area contributed by atoms with Crippen LogP contribution in [0.5, 0.6) is 0 Å². The molecule has 0 radical (unpaired) electrons. The molecule has 4 aromatic rings. The highest BCUT2D eigenvalue weighted by Gasteiger charge is 2.17. The molecule has 168 valence electrons. The molecule has 0 aliphatic carbocycles. The highest BCUT2D eigenvalue weighted by atomic mass is 35.5. The number of pyridine rings is 1. The lowest BCUT2D eigenvalue weighted by molar-refractivity contribution is 0.0949. The van der Waals surface area contributed by atoms with E-state index in [2.05, 4.69) is 34.3 Å². The number of benzene rings is 2. The first kappa shape index (κ1) is 23.0. The van der Waals surface area contributed by atoms with Crippen molar-refractivity contribution < 1.29 is 4.79 Å². The van der Waals surface area contributed by atoms with Crippen LogP contribution in [0.25, 0.3) is 17.1 Å². The number of hydrogen-bond acceptors (Lipinski definition) is 5. The van der Waals surface area contributed by atoms with E-state index >= 15 is 0 Å². The molecule has 0 atom stereocenters. The normalized spacial score (nSPS) is 11.0. The Morgan fingerprint density at radius 2 is 1.85 bits per heavy atom. The second-order valence-corrected chi connectivity index (χ2v) is 9.33. The van der Waals surface area contributed by atoms with Gasteiger partial charge in [-0.3, -0.25) is 14.3 Å². The Morgan fingerprint density at radius 3 is 2.61 bits per heavy atom. The summed E-state index contributed by atoms with van der Waals surface area (Å²) in [5.74, 6) is 1.70. The second kappa shape index (κ2) is 10.6. The standard InChI is InChI=1S/C25H24ClN5OS/c1-17(2)15-28-24(32)20-6-3-5-18(13-20)16-33-25-30-29-23(19-9-11-27-12-10-19)31(25)22-8-4-7-21(26)14-22/h3-14,17H,15-16H2,1-2H3,(H,28,32). The van der Waals surface area contributed by atoms with E-state index in [4.69, 9.17) is 11.6 Å². The van der Waals surface area contributed by atoms with Crippen molar-refractivity contribution in [2.24, 2.45) is 5.92 Å². The van der Waals surface area contributed by atoms with Crippen LogP contribution in [-0.2, 0) is 5.75 Å². The molecule has 0 saturated heterocycles. The number of hydrogen-bond donors (Lipinski definition) is 1. The topological polar surface area (TPSA) is 72.7 Å². The zero-order valence-electron chi connectivity index (χ0n) is 18.4. The third kappa shape index (κ3) is 5.80. The average molecular weight is 478 g/mol. The fourth-order valence-corrected chi connectivity index (χ4v) is 4.33. The number of halogens is 1. The van der Waals surface area contributed by atoms with E-state index in [9.17, 15) is 4.79 Å². The van der Waals surface area contributed by atoms with E-state index in [1.165, 1.54) is 0 Å². The van der Waals surface area contributed by atoms with Crippen molar-refractivity contribution >= 4 is 29.3 Å². The average Bonchev–Trinajstić information content (AvgIpc) is 3.26. The number of nitrogens with zero attached hydrogens (tertiary/aromatic N) is 4. The van der Waals surface area contributed by atoms with E-state index in [-0.39, 0.29) is 5.91 Å². The first-order chi connectivity index (χ1) is 16.0. The third-order valence-corrected chi connectivity index (χ3v) is 6.10. The molecule has 4 rings (SSSR count). The second-order valence-electron chi connectivity index (χ2n) is 7.95. The van der Waals surface area contributed by atoms with E-state index in [0.717, 1.165) is 22.0 Å². The molecule has 2 heterocycles. The van der Waals surface area contributed by atoms with Gasteiger partial charge in [0.25, 0.3) is 5.91 Å². The van der Waals surface area contributed by atoms with Crippen molar-refractivity contribution in [3.05, 3.63) is 89.2 Å². The van der Waals surface area contributed by atoms with E-state index in [0.29, 0.717) is 34.6 Å². The lowest BCUT2D eigenvalue weighted by Crippen LogP contribution is -2.27. The summed E-state index contributed by atoms with van der Waals surface area (Å²) in [7, 11) is 0. The molecule has 0 bridgehead atoms. The maximum absolute atomic E-state index is 12.4. The van der Waals surface area contributed by atoms with E-state index < -0.39 is 0 Å². The summed E-state index contributed by atoms with van der Waals surface area (Å²) in [4.78, 5) is 16.5. The maximum Gasteiger partial charge on any atom is 0.251 e. The molecule has 0 saturated carbocycles. The molecule has 1 N–H and O–H groups in total. The molecule has 0 fully saturated rings. The van der Waals surface area contributed by atoms with Gasteiger partial charge in [-0.05, 0) is 53.9 Å². The summed E-state index contributed by atoms with van der Waals surface area (Å²) in [6.07, 6.45) is 3.46. The van der Waals surface area contributed by atoms with E-state index in [1.54, 1.807) is 24.2 Å². The molecule has 6 nitrogen and oxygen atoms in total. The van der Waals surface area contributed by atoms with Crippen LogP contribution < -0.4 is 5.32 Å². The number of thioether (sulfide) groups is 1. The van der Waals surface area contributed by atoms with Crippen LogP contribution in [0, 0.1) is 5.92 Å². The molecule has 0 spiro atoms. The van der Waals surface area contributed by atoms with Crippen LogP contribution in [0.4, 0.5) is 0 Å². The van der Waals surface area contributed by atoms with Crippen molar-refractivity contribution in [3.8, 4) is 17.1 Å². The Kier molecular flexibility index (Phi) is 7.42. The number of rotatable bonds is 8. The quantitative estimate of drug-likeness (QED) is 0.331. The first-order valence-electron chi connectivity index (χ1n) is 10.6. The SMILES string of the molecule is CC(C)CNC(=O)c1cccc(CSc2nnc(-c3ccncc3)n2-c2cccc(Cl)c2)c1. The minimum absolute atomic E-state index is 0.0578. The summed E-state index contributed by atoms with van der Waals surface area (Å²) in [6, 6.07) is 19.1. The van der Waals surface area contributed by atoms with Crippen LogP contribution in [0.1, 0.15) is 29.8 Å². The lowest BCUT2D eigenvalue weighted by atomic mass is 10.1. The number of aromatic nitrogens is 4. The first-order valence-corrected chi connectivity index (χ1v) is 12.0. The van der Waals surface area contributed by atoms with Crippen LogP contribution in [0.2, 0.25) is 5.02 Å². The predicted octanol–water partition coefficient (Wildman–Crippen LogP) is 5.66. The Morgan fingerprint density at radius 1 is 1.06 bits per heavy atom. The smallest absolute Gasteiger partial charge is 0.251 e. The van der Waals surface area contributed by atoms with Gasteiger partial charge in [0.1, 0.15) is 0 Å².